The molecular weight excluding hydrogens is 366 g/mol. The third kappa shape index (κ3) is 3.97. The second-order valence-electron chi connectivity index (χ2n) is 6.70. The van der Waals surface area contributed by atoms with E-state index in [1.54, 1.807) is 0 Å². The van der Waals surface area contributed by atoms with Gasteiger partial charge in [-0.1, -0.05) is 72.8 Å². The lowest BCUT2D eigenvalue weighted by molar-refractivity contribution is 0.144. The van der Waals surface area contributed by atoms with Gasteiger partial charge in [0.15, 0.2) is 0 Å². The maximum atomic E-state index is 12.1. The van der Waals surface area contributed by atoms with Gasteiger partial charge in [-0.2, -0.15) is 0 Å². The SMILES string of the molecule is O=C(NCC=Cc1ccc(S)cc1)OCC1c2ccccc2-c2ccccc21. The van der Waals surface area contributed by atoms with Gasteiger partial charge in [0.1, 0.15) is 6.61 Å². The molecule has 3 aromatic carbocycles. The number of nitrogens with one attached hydrogen (secondary N) is 1. The minimum absolute atomic E-state index is 0.0773. The van der Waals surface area contributed by atoms with Crippen LogP contribution in [0.1, 0.15) is 22.6 Å². The first-order valence-corrected chi connectivity index (χ1v) is 9.71. The van der Waals surface area contributed by atoms with Crippen LogP contribution in [-0.4, -0.2) is 19.2 Å². The van der Waals surface area contributed by atoms with Crippen LogP contribution in [0, 0.1) is 0 Å². The summed E-state index contributed by atoms with van der Waals surface area (Å²) in [6.07, 6.45) is 3.45. The molecule has 1 N–H and O–H groups in total. The fourth-order valence-corrected chi connectivity index (χ4v) is 3.72. The van der Waals surface area contributed by atoms with Gasteiger partial charge in [-0.05, 0) is 39.9 Å². The summed E-state index contributed by atoms with van der Waals surface area (Å²) < 4.78 is 5.51. The van der Waals surface area contributed by atoms with Crippen molar-refractivity contribution in [1.82, 2.24) is 5.32 Å². The van der Waals surface area contributed by atoms with Gasteiger partial charge >= 0.3 is 6.09 Å². The minimum atomic E-state index is -0.405. The van der Waals surface area contributed by atoms with E-state index < -0.39 is 6.09 Å². The van der Waals surface area contributed by atoms with Crippen molar-refractivity contribution in [3.63, 3.8) is 0 Å². The lowest BCUT2D eigenvalue weighted by Crippen LogP contribution is -2.26. The molecule has 0 aliphatic heterocycles. The first-order valence-electron chi connectivity index (χ1n) is 9.27. The monoisotopic (exact) mass is 387 g/mol. The van der Waals surface area contributed by atoms with Crippen molar-refractivity contribution in [2.24, 2.45) is 0 Å². The summed E-state index contributed by atoms with van der Waals surface area (Å²) >= 11 is 4.27. The maximum absolute atomic E-state index is 12.1. The van der Waals surface area contributed by atoms with E-state index in [1.165, 1.54) is 22.3 Å². The Balaban J connectivity index is 1.33. The van der Waals surface area contributed by atoms with Crippen LogP contribution in [0.4, 0.5) is 4.79 Å². The first-order chi connectivity index (χ1) is 13.7. The van der Waals surface area contributed by atoms with Gasteiger partial charge in [0.05, 0.1) is 0 Å². The molecule has 0 spiro atoms. The number of carbonyl (C=O) groups excluding carboxylic acids is 1. The Bertz CT molecular complexity index is 966. The van der Waals surface area contributed by atoms with Gasteiger partial charge in [0, 0.05) is 17.4 Å². The number of hydrogen-bond acceptors (Lipinski definition) is 3. The number of fused-ring (bicyclic) bond motifs is 3. The topological polar surface area (TPSA) is 38.3 Å². The summed E-state index contributed by atoms with van der Waals surface area (Å²) in [5, 5.41) is 2.77. The summed E-state index contributed by atoms with van der Waals surface area (Å²) in [5.74, 6) is 0.0773. The van der Waals surface area contributed by atoms with E-state index in [1.807, 2.05) is 60.7 Å². The number of thiol groups is 1. The van der Waals surface area contributed by atoms with Crippen LogP contribution in [0.15, 0.2) is 83.8 Å². The van der Waals surface area contributed by atoms with E-state index in [2.05, 4.69) is 42.2 Å². The van der Waals surface area contributed by atoms with E-state index in [4.69, 9.17) is 4.74 Å². The Morgan fingerprint density at radius 3 is 2.18 bits per heavy atom. The smallest absolute Gasteiger partial charge is 0.407 e. The van der Waals surface area contributed by atoms with Crippen molar-refractivity contribution in [1.29, 1.82) is 0 Å². The molecule has 1 aliphatic rings. The molecule has 0 aromatic heterocycles. The molecule has 0 fully saturated rings. The summed E-state index contributed by atoms with van der Waals surface area (Å²) in [6.45, 7) is 0.742. The quantitative estimate of drug-likeness (QED) is 0.565. The van der Waals surface area contributed by atoms with Gasteiger partial charge in [0.2, 0.25) is 0 Å². The van der Waals surface area contributed by atoms with Crippen molar-refractivity contribution in [2.45, 2.75) is 10.8 Å². The zero-order valence-electron chi connectivity index (χ0n) is 15.3. The fourth-order valence-electron chi connectivity index (χ4n) is 3.57. The third-order valence-corrected chi connectivity index (χ3v) is 5.21. The van der Waals surface area contributed by atoms with Crippen LogP contribution in [-0.2, 0) is 4.74 Å². The maximum Gasteiger partial charge on any atom is 0.407 e. The highest BCUT2D eigenvalue weighted by Crippen LogP contribution is 2.44. The van der Waals surface area contributed by atoms with Crippen molar-refractivity contribution in [3.8, 4) is 11.1 Å². The van der Waals surface area contributed by atoms with Crippen molar-refractivity contribution in [2.75, 3.05) is 13.2 Å². The number of amides is 1. The molecule has 0 radical (unpaired) electrons. The summed E-state index contributed by atoms with van der Waals surface area (Å²) in [7, 11) is 0. The molecule has 4 heteroatoms. The number of carbonyl (C=O) groups is 1. The van der Waals surface area contributed by atoms with Crippen molar-refractivity contribution < 1.29 is 9.53 Å². The average Bonchev–Trinajstić information content (AvgIpc) is 3.05. The molecule has 0 saturated carbocycles. The second kappa shape index (κ2) is 8.36. The lowest BCUT2D eigenvalue weighted by atomic mass is 9.98. The largest absolute Gasteiger partial charge is 0.449 e. The van der Waals surface area contributed by atoms with Gasteiger partial charge in [0.25, 0.3) is 0 Å². The van der Waals surface area contributed by atoms with E-state index in [0.29, 0.717) is 13.2 Å². The lowest BCUT2D eigenvalue weighted by Gasteiger charge is -2.14. The van der Waals surface area contributed by atoms with Gasteiger partial charge < -0.3 is 10.1 Å². The van der Waals surface area contributed by atoms with Crippen LogP contribution in [0.5, 0.6) is 0 Å². The molecule has 0 bridgehead atoms. The average molecular weight is 388 g/mol. The fraction of sp³-hybridized carbons (Fsp3) is 0.125. The Kier molecular flexibility index (Phi) is 5.49. The van der Waals surface area contributed by atoms with Crippen LogP contribution in [0.25, 0.3) is 17.2 Å². The zero-order chi connectivity index (χ0) is 19.3. The molecule has 3 nitrogen and oxygen atoms in total. The Morgan fingerprint density at radius 2 is 1.54 bits per heavy atom. The van der Waals surface area contributed by atoms with E-state index in [0.717, 1.165) is 10.5 Å². The molecule has 0 atom stereocenters. The second-order valence-corrected chi connectivity index (χ2v) is 7.22. The zero-order valence-corrected chi connectivity index (χ0v) is 16.2. The predicted molar refractivity (Wildman–Crippen MR) is 116 cm³/mol. The number of rotatable bonds is 5. The summed E-state index contributed by atoms with van der Waals surface area (Å²) in [5.41, 5.74) is 5.93. The normalized spacial score (nSPS) is 12.6. The van der Waals surface area contributed by atoms with E-state index in [-0.39, 0.29) is 5.92 Å². The Hall–Kier alpha value is -2.98. The van der Waals surface area contributed by atoms with Crippen molar-refractivity contribution in [3.05, 3.63) is 95.6 Å². The van der Waals surface area contributed by atoms with E-state index in [9.17, 15) is 4.79 Å². The summed E-state index contributed by atoms with van der Waals surface area (Å²) in [6, 6.07) is 24.4. The molecule has 4 rings (SSSR count). The molecule has 140 valence electrons. The van der Waals surface area contributed by atoms with E-state index >= 15 is 0 Å². The first kappa shape index (κ1) is 18.4. The number of hydrogen-bond donors (Lipinski definition) is 2. The van der Waals surface area contributed by atoms with Crippen LogP contribution in [0.3, 0.4) is 0 Å². The standard InChI is InChI=1S/C24H21NO2S/c26-24(25-15-5-6-17-11-13-18(28)14-12-17)27-16-23-21-9-3-1-7-19(21)20-8-2-4-10-22(20)23/h1-14,23,28H,15-16H2,(H,25,26). The molecule has 0 unspecified atom stereocenters. The molecule has 3 aromatic rings. The third-order valence-electron chi connectivity index (χ3n) is 4.91. The molecule has 0 heterocycles. The van der Waals surface area contributed by atoms with Gasteiger partial charge in [-0.3, -0.25) is 0 Å². The molecular formula is C24H21NO2S. The van der Waals surface area contributed by atoms with Crippen molar-refractivity contribution >= 4 is 24.8 Å². The highest BCUT2D eigenvalue weighted by atomic mass is 32.1. The molecule has 28 heavy (non-hydrogen) atoms. The van der Waals surface area contributed by atoms with Crippen LogP contribution in [0.2, 0.25) is 0 Å². The molecule has 0 saturated heterocycles. The highest BCUT2D eigenvalue weighted by molar-refractivity contribution is 7.80. The predicted octanol–water partition coefficient (Wildman–Crippen LogP) is 5.53. The minimum Gasteiger partial charge on any atom is -0.449 e. The van der Waals surface area contributed by atoms with Crippen LogP contribution < -0.4 is 5.32 Å². The van der Waals surface area contributed by atoms with Crippen LogP contribution >= 0.6 is 12.6 Å². The number of benzene rings is 3. The molecule has 1 amide bonds. The highest BCUT2D eigenvalue weighted by Gasteiger charge is 2.28. The number of ether oxygens (including phenoxy) is 1. The summed E-state index contributed by atoms with van der Waals surface area (Å²) in [4.78, 5) is 13.0. The Labute approximate surface area is 170 Å². The molecule has 1 aliphatic carbocycles. The van der Waals surface area contributed by atoms with Gasteiger partial charge in [-0.15, -0.1) is 12.6 Å². The van der Waals surface area contributed by atoms with Gasteiger partial charge in [-0.25, -0.2) is 4.79 Å². The Morgan fingerprint density at radius 1 is 0.929 bits per heavy atom. The number of alkyl carbamates (subject to hydrolysis) is 1.